The Bertz CT molecular complexity index is 1350. The minimum Gasteiger partial charge on any atom is -0.507 e. The number of aromatic nitrogens is 2. The Morgan fingerprint density at radius 1 is 0.971 bits per heavy atom. The number of nitrogens with one attached hydrogen (secondary N) is 1. The fraction of sp³-hybridized carbons (Fsp3) is 0.310. The number of hydrogen-bond donors (Lipinski definition) is 2. The van der Waals surface area contributed by atoms with Crippen LogP contribution in [-0.4, -0.2) is 21.3 Å². The molecule has 5 heteroatoms. The number of aryl methyl sites for hydroxylation is 2. The second kappa shape index (κ2) is 8.41. The Morgan fingerprint density at radius 2 is 1.79 bits per heavy atom. The monoisotopic (exact) mass is 451 g/mol. The molecule has 6 rings (SSSR count). The van der Waals surface area contributed by atoms with Crippen LogP contribution < -0.4 is 5.32 Å². The Morgan fingerprint density at radius 3 is 2.59 bits per heavy atom. The van der Waals surface area contributed by atoms with Crippen molar-refractivity contribution in [2.45, 2.75) is 51.6 Å². The first-order chi connectivity index (χ1) is 16.5. The van der Waals surface area contributed by atoms with Crippen LogP contribution in [0.15, 0.2) is 65.2 Å². The highest BCUT2D eigenvalue weighted by atomic mass is 16.5. The molecule has 1 unspecified atom stereocenters. The van der Waals surface area contributed by atoms with Gasteiger partial charge in [-0.25, -0.2) is 0 Å². The van der Waals surface area contributed by atoms with Crippen LogP contribution in [0.4, 0.5) is 0 Å². The van der Waals surface area contributed by atoms with Crippen LogP contribution in [0.2, 0.25) is 0 Å². The molecule has 1 heterocycles. The van der Waals surface area contributed by atoms with E-state index in [9.17, 15) is 5.11 Å². The van der Waals surface area contributed by atoms with Crippen LogP contribution in [0.5, 0.6) is 5.75 Å². The van der Waals surface area contributed by atoms with Crippen LogP contribution >= 0.6 is 0 Å². The van der Waals surface area contributed by atoms with E-state index in [0.717, 1.165) is 46.6 Å². The fourth-order valence-corrected chi connectivity index (χ4v) is 5.51. The first-order valence-corrected chi connectivity index (χ1v) is 12.2. The first kappa shape index (κ1) is 21.1. The van der Waals surface area contributed by atoms with E-state index >= 15 is 0 Å². The highest BCUT2D eigenvalue weighted by Gasteiger charge is 2.31. The molecule has 0 spiro atoms. The predicted molar refractivity (Wildman–Crippen MR) is 133 cm³/mol. The summed E-state index contributed by atoms with van der Waals surface area (Å²) in [6, 6.07) is 21.1. The summed E-state index contributed by atoms with van der Waals surface area (Å²) >= 11 is 0. The molecule has 1 saturated carbocycles. The average Bonchev–Trinajstić information content (AvgIpc) is 3.46. The zero-order valence-corrected chi connectivity index (χ0v) is 19.6. The smallest absolute Gasteiger partial charge is 0.258 e. The van der Waals surface area contributed by atoms with E-state index < -0.39 is 0 Å². The van der Waals surface area contributed by atoms with Gasteiger partial charge in [-0.2, -0.15) is 4.98 Å². The van der Waals surface area contributed by atoms with E-state index in [1.807, 2.05) is 43.3 Å². The average molecular weight is 452 g/mol. The van der Waals surface area contributed by atoms with E-state index in [2.05, 4.69) is 35.6 Å². The number of hydrogen-bond acceptors (Lipinski definition) is 5. The van der Waals surface area contributed by atoms with Gasteiger partial charge in [-0.05, 0) is 85.0 Å². The third kappa shape index (κ3) is 3.80. The van der Waals surface area contributed by atoms with Crippen LogP contribution in [0.1, 0.15) is 48.9 Å². The molecule has 1 fully saturated rings. The van der Waals surface area contributed by atoms with Gasteiger partial charge in [0.1, 0.15) is 5.75 Å². The van der Waals surface area contributed by atoms with Crippen molar-refractivity contribution in [3.63, 3.8) is 0 Å². The molecule has 0 radical (unpaired) electrons. The molecule has 0 saturated heterocycles. The molecular formula is C29H29N3O2. The van der Waals surface area contributed by atoms with Crippen molar-refractivity contribution < 1.29 is 9.63 Å². The molecule has 2 aliphatic carbocycles. The maximum atomic E-state index is 10.2. The lowest BCUT2D eigenvalue weighted by atomic mass is 9.81. The van der Waals surface area contributed by atoms with Crippen molar-refractivity contribution in [1.29, 1.82) is 0 Å². The topological polar surface area (TPSA) is 71.2 Å². The Kier molecular flexibility index (Phi) is 5.22. The van der Waals surface area contributed by atoms with E-state index in [0.29, 0.717) is 23.8 Å². The van der Waals surface area contributed by atoms with Crippen molar-refractivity contribution in [3.8, 4) is 39.7 Å². The van der Waals surface area contributed by atoms with Crippen molar-refractivity contribution in [1.82, 2.24) is 15.5 Å². The summed E-state index contributed by atoms with van der Waals surface area (Å²) in [5.74, 6) is 2.25. The molecule has 1 atom stereocenters. The summed E-state index contributed by atoms with van der Waals surface area (Å²) in [7, 11) is 0. The zero-order valence-electron chi connectivity index (χ0n) is 19.6. The molecule has 34 heavy (non-hydrogen) atoms. The molecule has 2 aliphatic rings. The van der Waals surface area contributed by atoms with Crippen LogP contribution in [0, 0.1) is 12.8 Å². The molecule has 2 N–H and O–H groups in total. The number of fused-ring (bicyclic) bond motifs is 1. The van der Waals surface area contributed by atoms with Crippen LogP contribution in [-0.2, 0) is 6.42 Å². The number of phenolic OH excluding ortho intramolecular Hbond substituents is 1. The Hall–Kier alpha value is -3.44. The second-order valence-electron chi connectivity index (χ2n) is 9.92. The number of aromatic hydroxyl groups is 1. The largest absolute Gasteiger partial charge is 0.507 e. The number of benzene rings is 3. The Balaban J connectivity index is 1.22. The van der Waals surface area contributed by atoms with Gasteiger partial charge in [-0.1, -0.05) is 48.5 Å². The lowest BCUT2D eigenvalue weighted by Crippen LogP contribution is -2.41. The Labute approximate surface area is 199 Å². The molecule has 0 bridgehead atoms. The van der Waals surface area contributed by atoms with E-state index in [1.165, 1.54) is 24.0 Å². The highest BCUT2D eigenvalue weighted by molar-refractivity contribution is 5.75. The molecule has 3 aromatic carbocycles. The van der Waals surface area contributed by atoms with E-state index in [4.69, 9.17) is 9.51 Å². The maximum Gasteiger partial charge on any atom is 0.258 e. The summed E-state index contributed by atoms with van der Waals surface area (Å²) in [6.07, 6.45) is 4.83. The van der Waals surface area contributed by atoms with Gasteiger partial charge in [-0.15, -0.1) is 0 Å². The van der Waals surface area contributed by atoms with Gasteiger partial charge in [-0.3, -0.25) is 0 Å². The van der Waals surface area contributed by atoms with Gasteiger partial charge >= 0.3 is 0 Å². The van der Waals surface area contributed by atoms with Gasteiger partial charge < -0.3 is 14.9 Å². The minimum absolute atomic E-state index is 0.273. The SMILES string of the molecule is Cc1cc(-c2nc(-c3ccc4c(c3)CCC4N[C@H]3C[C@H](C)C3)no2)ccc1-c1ccccc1O. The summed E-state index contributed by atoms with van der Waals surface area (Å²) in [6.45, 7) is 4.35. The zero-order chi connectivity index (χ0) is 23.2. The normalized spacial score (nSPS) is 21.3. The second-order valence-corrected chi connectivity index (χ2v) is 9.92. The number of phenols is 1. The summed E-state index contributed by atoms with van der Waals surface area (Å²) < 4.78 is 5.63. The standard InChI is InChI=1S/C29H29N3O2/c1-17-13-22(14-17)30-26-12-9-19-16-20(7-11-24(19)26)28-31-29(34-32-28)21-8-10-23(18(2)15-21)25-5-3-4-6-27(25)33/h3-8,10-11,15-17,22,26,30,33H,9,12-14H2,1-2H3/t17-,22-,26?. The summed E-state index contributed by atoms with van der Waals surface area (Å²) in [5, 5.41) is 18.3. The lowest BCUT2D eigenvalue weighted by Gasteiger charge is -2.36. The van der Waals surface area contributed by atoms with E-state index in [1.54, 1.807) is 6.07 Å². The maximum absolute atomic E-state index is 10.2. The van der Waals surface area contributed by atoms with Crippen molar-refractivity contribution in [2.24, 2.45) is 5.92 Å². The third-order valence-electron chi connectivity index (χ3n) is 7.38. The third-order valence-corrected chi connectivity index (χ3v) is 7.38. The minimum atomic E-state index is 0.273. The highest BCUT2D eigenvalue weighted by Crippen LogP contribution is 2.37. The van der Waals surface area contributed by atoms with Gasteiger partial charge in [0, 0.05) is 28.8 Å². The molecular weight excluding hydrogens is 422 g/mol. The molecule has 1 aromatic heterocycles. The van der Waals surface area contributed by atoms with Crippen LogP contribution in [0.25, 0.3) is 34.0 Å². The summed E-state index contributed by atoms with van der Waals surface area (Å²) in [5.41, 5.74) is 7.51. The first-order valence-electron chi connectivity index (χ1n) is 12.2. The predicted octanol–water partition coefficient (Wildman–Crippen LogP) is 6.46. The fourth-order valence-electron chi connectivity index (χ4n) is 5.51. The molecule has 0 amide bonds. The summed E-state index contributed by atoms with van der Waals surface area (Å²) in [4.78, 5) is 4.69. The lowest BCUT2D eigenvalue weighted by molar-refractivity contribution is 0.222. The number of para-hydroxylation sites is 1. The van der Waals surface area contributed by atoms with Crippen molar-refractivity contribution in [2.75, 3.05) is 0 Å². The quantitative estimate of drug-likeness (QED) is 0.364. The van der Waals surface area contributed by atoms with Crippen molar-refractivity contribution >= 4 is 0 Å². The van der Waals surface area contributed by atoms with E-state index in [-0.39, 0.29) is 5.75 Å². The number of nitrogens with zero attached hydrogens (tertiary/aromatic N) is 2. The molecule has 4 aromatic rings. The number of rotatable bonds is 5. The van der Waals surface area contributed by atoms with Gasteiger partial charge in [0.25, 0.3) is 5.89 Å². The molecule has 5 nitrogen and oxygen atoms in total. The van der Waals surface area contributed by atoms with Gasteiger partial charge in [0.15, 0.2) is 0 Å². The molecule has 0 aliphatic heterocycles. The van der Waals surface area contributed by atoms with Gasteiger partial charge in [0.2, 0.25) is 5.82 Å². The van der Waals surface area contributed by atoms with Crippen LogP contribution in [0.3, 0.4) is 0 Å². The molecule has 172 valence electrons. The van der Waals surface area contributed by atoms with Gasteiger partial charge in [0.05, 0.1) is 0 Å². The van der Waals surface area contributed by atoms with Crippen molar-refractivity contribution in [3.05, 3.63) is 77.4 Å².